The summed E-state index contributed by atoms with van der Waals surface area (Å²) < 4.78 is 0.459. The number of carbonyl (C=O) groups excluding carboxylic acids is 3. The number of nitrogens with one attached hydrogen (secondary N) is 1. The lowest BCUT2D eigenvalue weighted by Crippen LogP contribution is -2.31. The van der Waals surface area contributed by atoms with Crippen LogP contribution in [-0.2, 0) is 9.59 Å². The van der Waals surface area contributed by atoms with Crippen molar-refractivity contribution < 1.29 is 14.4 Å². The second-order valence-electron chi connectivity index (χ2n) is 2.17. The number of urea groups is 1. The lowest BCUT2D eigenvalue weighted by atomic mass is 10.5. The lowest BCUT2D eigenvalue weighted by Gasteiger charge is -2.08. The average Bonchev–Trinajstić information content (AvgIpc) is 2.16. The van der Waals surface area contributed by atoms with Gasteiger partial charge >= 0.3 is 17.8 Å². The molecule has 0 saturated carbocycles. The van der Waals surface area contributed by atoms with Gasteiger partial charge in [0.25, 0.3) is 0 Å². The highest BCUT2D eigenvalue weighted by molar-refractivity contribution is 9.11. The SMILES string of the molecule is C=C(Br)CN1C(=O)NC(=O)C1=O. The minimum Gasteiger partial charge on any atom is -0.269 e. The summed E-state index contributed by atoms with van der Waals surface area (Å²) >= 11 is 2.98. The van der Waals surface area contributed by atoms with Crippen LogP contribution in [0.1, 0.15) is 0 Å². The Balaban J connectivity index is 2.77. The third-order valence-electron chi connectivity index (χ3n) is 1.23. The van der Waals surface area contributed by atoms with E-state index >= 15 is 0 Å². The molecular formula is C6H5BrN2O3. The van der Waals surface area contributed by atoms with Crippen LogP contribution in [-0.4, -0.2) is 29.3 Å². The Morgan fingerprint density at radius 2 is 2.08 bits per heavy atom. The van der Waals surface area contributed by atoms with Gasteiger partial charge in [0, 0.05) is 4.48 Å². The first-order valence-electron chi connectivity index (χ1n) is 3.02. The summed E-state index contributed by atoms with van der Waals surface area (Å²) in [6.07, 6.45) is 0. The molecule has 64 valence electrons. The normalized spacial score (nSPS) is 16.8. The van der Waals surface area contributed by atoms with E-state index in [0.717, 1.165) is 4.90 Å². The van der Waals surface area contributed by atoms with Gasteiger partial charge in [-0.1, -0.05) is 22.5 Å². The van der Waals surface area contributed by atoms with E-state index < -0.39 is 17.8 Å². The summed E-state index contributed by atoms with van der Waals surface area (Å²) in [6.45, 7) is 3.45. The smallest absolute Gasteiger partial charge is 0.269 e. The fraction of sp³-hybridized carbons (Fsp3) is 0.167. The molecule has 5 nitrogen and oxygen atoms in total. The van der Waals surface area contributed by atoms with E-state index in [1.54, 1.807) is 0 Å². The highest BCUT2D eigenvalue weighted by Gasteiger charge is 2.36. The zero-order chi connectivity index (χ0) is 9.30. The van der Waals surface area contributed by atoms with Crippen LogP contribution in [0.3, 0.4) is 0 Å². The predicted octanol–water partition coefficient (Wildman–Crippen LogP) is -0.0266. The topological polar surface area (TPSA) is 66.5 Å². The van der Waals surface area contributed by atoms with Crippen molar-refractivity contribution in [2.24, 2.45) is 0 Å². The summed E-state index contributed by atoms with van der Waals surface area (Å²) in [6, 6.07) is -0.703. The van der Waals surface area contributed by atoms with E-state index in [2.05, 4.69) is 22.5 Å². The summed E-state index contributed by atoms with van der Waals surface area (Å²) in [5.74, 6) is -1.74. The molecule has 0 bridgehead atoms. The van der Waals surface area contributed by atoms with Crippen molar-refractivity contribution in [1.82, 2.24) is 10.2 Å². The molecule has 0 aromatic rings. The minimum absolute atomic E-state index is 0.0103. The number of rotatable bonds is 2. The number of nitrogens with zero attached hydrogens (tertiary/aromatic N) is 1. The van der Waals surface area contributed by atoms with Crippen LogP contribution in [0.15, 0.2) is 11.1 Å². The van der Waals surface area contributed by atoms with Gasteiger partial charge in [-0.25, -0.2) is 4.79 Å². The zero-order valence-corrected chi connectivity index (χ0v) is 7.55. The maximum absolute atomic E-state index is 10.9. The summed E-state index contributed by atoms with van der Waals surface area (Å²) in [7, 11) is 0. The molecule has 0 radical (unpaired) electrons. The number of imide groups is 2. The van der Waals surface area contributed by atoms with Crippen LogP contribution in [0.5, 0.6) is 0 Å². The van der Waals surface area contributed by atoms with E-state index in [1.165, 1.54) is 0 Å². The van der Waals surface area contributed by atoms with Gasteiger partial charge in [0.1, 0.15) is 0 Å². The third-order valence-corrected chi connectivity index (χ3v) is 1.49. The van der Waals surface area contributed by atoms with Crippen molar-refractivity contribution in [2.75, 3.05) is 6.54 Å². The zero-order valence-electron chi connectivity index (χ0n) is 5.96. The number of amides is 4. The van der Waals surface area contributed by atoms with E-state index in [9.17, 15) is 14.4 Å². The molecule has 0 unspecified atom stereocenters. The first-order valence-corrected chi connectivity index (χ1v) is 3.81. The second kappa shape index (κ2) is 3.06. The Hall–Kier alpha value is -1.17. The molecule has 1 aliphatic rings. The Bertz CT molecular complexity index is 287. The highest BCUT2D eigenvalue weighted by atomic mass is 79.9. The molecule has 4 amide bonds. The van der Waals surface area contributed by atoms with E-state index in [4.69, 9.17) is 0 Å². The van der Waals surface area contributed by atoms with Crippen LogP contribution in [0, 0.1) is 0 Å². The van der Waals surface area contributed by atoms with Gasteiger partial charge in [0.05, 0.1) is 6.54 Å². The number of hydrogen-bond acceptors (Lipinski definition) is 3. The van der Waals surface area contributed by atoms with Crippen LogP contribution in [0.25, 0.3) is 0 Å². The molecule has 1 saturated heterocycles. The summed E-state index contributed by atoms with van der Waals surface area (Å²) in [4.78, 5) is 33.1. The molecule has 6 heteroatoms. The van der Waals surface area contributed by atoms with Gasteiger partial charge in [-0.05, 0) is 0 Å². The Morgan fingerprint density at radius 3 is 2.42 bits per heavy atom. The maximum Gasteiger partial charge on any atom is 0.331 e. The lowest BCUT2D eigenvalue weighted by molar-refractivity contribution is -0.139. The van der Waals surface area contributed by atoms with Crippen molar-refractivity contribution in [3.63, 3.8) is 0 Å². The molecule has 1 heterocycles. The molecule has 1 fully saturated rings. The van der Waals surface area contributed by atoms with Crippen LogP contribution in [0.4, 0.5) is 4.79 Å². The Labute approximate surface area is 76.5 Å². The Kier molecular flexibility index (Phi) is 2.27. The fourth-order valence-electron chi connectivity index (χ4n) is 0.748. The molecular weight excluding hydrogens is 228 g/mol. The number of halogens is 1. The van der Waals surface area contributed by atoms with Crippen molar-refractivity contribution in [3.05, 3.63) is 11.1 Å². The molecule has 0 aromatic heterocycles. The monoisotopic (exact) mass is 232 g/mol. The van der Waals surface area contributed by atoms with E-state index in [0.29, 0.717) is 4.48 Å². The van der Waals surface area contributed by atoms with Crippen molar-refractivity contribution >= 4 is 33.8 Å². The van der Waals surface area contributed by atoms with Crippen LogP contribution in [0.2, 0.25) is 0 Å². The van der Waals surface area contributed by atoms with E-state index in [-0.39, 0.29) is 6.54 Å². The molecule has 0 atom stereocenters. The van der Waals surface area contributed by atoms with E-state index in [1.807, 2.05) is 5.32 Å². The first-order chi connectivity index (χ1) is 5.52. The van der Waals surface area contributed by atoms with Gasteiger partial charge in [-0.15, -0.1) is 0 Å². The van der Waals surface area contributed by atoms with Crippen molar-refractivity contribution in [2.45, 2.75) is 0 Å². The van der Waals surface area contributed by atoms with Gasteiger partial charge < -0.3 is 0 Å². The second-order valence-corrected chi connectivity index (χ2v) is 3.29. The van der Waals surface area contributed by atoms with Gasteiger partial charge in [0.2, 0.25) is 0 Å². The summed E-state index contributed by atoms with van der Waals surface area (Å²) in [5.41, 5.74) is 0. The number of hydrogen-bond donors (Lipinski definition) is 1. The van der Waals surface area contributed by atoms with Crippen LogP contribution >= 0.6 is 15.9 Å². The average molecular weight is 233 g/mol. The standard InChI is InChI=1S/C6H5BrN2O3/c1-3(7)2-9-5(11)4(10)8-6(9)12/h1-2H2,(H,8,10,12). The molecule has 1 N–H and O–H groups in total. The predicted molar refractivity (Wildman–Crippen MR) is 43.3 cm³/mol. The highest BCUT2D eigenvalue weighted by Crippen LogP contribution is 2.08. The maximum atomic E-state index is 10.9. The fourth-order valence-corrected chi connectivity index (χ4v) is 0.999. The van der Waals surface area contributed by atoms with Gasteiger partial charge in [0.15, 0.2) is 0 Å². The van der Waals surface area contributed by atoms with Crippen molar-refractivity contribution in [1.29, 1.82) is 0 Å². The first kappa shape index (κ1) is 8.92. The molecule has 1 rings (SSSR count). The molecule has 0 spiro atoms. The molecule has 12 heavy (non-hydrogen) atoms. The molecule has 1 aliphatic heterocycles. The Morgan fingerprint density at radius 1 is 1.50 bits per heavy atom. The van der Waals surface area contributed by atoms with Gasteiger partial charge in [-0.3, -0.25) is 19.8 Å². The van der Waals surface area contributed by atoms with Gasteiger partial charge in [-0.2, -0.15) is 0 Å². The number of carbonyl (C=O) groups is 3. The van der Waals surface area contributed by atoms with Crippen molar-refractivity contribution in [3.8, 4) is 0 Å². The largest absolute Gasteiger partial charge is 0.331 e. The molecule has 0 aromatic carbocycles. The molecule has 0 aliphatic carbocycles. The van der Waals surface area contributed by atoms with Crippen LogP contribution < -0.4 is 5.32 Å². The minimum atomic E-state index is -0.895. The summed E-state index contributed by atoms with van der Waals surface area (Å²) in [5, 5.41) is 1.86. The quantitative estimate of drug-likeness (QED) is 0.538. The third kappa shape index (κ3) is 1.53.